The number of amides is 1. The molecule has 1 N–H and O–H groups in total. The number of carbonyl (C=O) groups excluding carboxylic acids is 1. The van der Waals surface area contributed by atoms with Gasteiger partial charge in [0.1, 0.15) is 5.75 Å². The van der Waals surface area contributed by atoms with Gasteiger partial charge in [0.15, 0.2) is 5.69 Å². The van der Waals surface area contributed by atoms with Crippen LogP contribution in [0, 0.1) is 0 Å². The molecule has 6 heteroatoms. The first kappa shape index (κ1) is 15.7. The highest BCUT2D eigenvalue weighted by Gasteiger charge is 2.17. The van der Waals surface area contributed by atoms with Gasteiger partial charge in [-0.05, 0) is 43.3 Å². The molecule has 0 atom stereocenters. The van der Waals surface area contributed by atoms with Crippen molar-refractivity contribution < 1.29 is 9.53 Å². The molecule has 3 rings (SSSR count). The van der Waals surface area contributed by atoms with E-state index in [9.17, 15) is 9.59 Å². The van der Waals surface area contributed by atoms with Gasteiger partial charge in [0.05, 0.1) is 12.6 Å². The largest absolute Gasteiger partial charge is 0.497 e. The molecule has 24 heavy (non-hydrogen) atoms. The van der Waals surface area contributed by atoms with Crippen LogP contribution in [0.15, 0.2) is 53.3 Å². The molecular formula is C18H17N3O3. The number of para-hydroxylation sites is 1. The zero-order chi connectivity index (χ0) is 17.1. The predicted molar refractivity (Wildman–Crippen MR) is 92.6 cm³/mol. The fourth-order valence-corrected chi connectivity index (χ4v) is 2.49. The van der Waals surface area contributed by atoms with Gasteiger partial charge in [-0.1, -0.05) is 12.1 Å². The summed E-state index contributed by atoms with van der Waals surface area (Å²) >= 11 is 0. The summed E-state index contributed by atoms with van der Waals surface area (Å²) < 4.78 is 6.73. The van der Waals surface area contributed by atoms with E-state index in [0.29, 0.717) is 28.9 Å². The Labute approximate surface area is 138 Å². The number of ether oxygens (including phenoxy) is 1. The minimum Gasteiger partial charge on any atom is -0.497 e. The maximum absolute atomic E-state index is 12.6. The lowest BCUT2D eigenvalue weighted by Crippen LogP contribution is -2.27. The van der Waals surface area contributed by atoms with E-state index in [1.54, 1.807) is 48.2 Å². The Hall–Kier alpha value is -3.15. The second kappa shape index (κ2) is 6.54. The van der Waals surface area contributed by atoms with E-state index < -0.39 is 5.91 Å². The fourth-order valence-electron chi connectivity index (χ4n) is 2.49. The number of methoxy groups -OCH3 is 1. The molecule has 3 aromatic rings. The van der Waals surface area contributed by atoms with E-state index in [4.69, 9.17) is 4.74 Å². The van der Waals surface area contributed by atoms with Gasteiger partial charge in [-0.2, -0.15) is 5.10 Å². The van der Waals surface area contributed by atoms with Crippen LogP contribution >= 0.6 is 0 Å². The standard InChI is InChI=1S/C18H17N3O3/c1-3-21-15-7-5-4-6-14(15)17(22)16(20-21)18(23)19-12-8-10-13(24-2)11-9-12/h4-11H,3H2,1-2H3,(H,19,23). The molecule has 0 fully saturated rings. The molecule has 0 unspecified atom stereocenters. The summed E-state index contributed by atoms with van der Waals surface area (Å²) in [5, 5.41) is 7.39. The molecular weight excluding hydrogens is 306 g/mol. The second-order valence-corrected chi connectivity index (χ2v) is 5.19. The molecule has 2 aromatic carbocycles. The first-order valence-corrected chi connectivity index (χ1v) is 7.59. The van der Waals surface area contributed by atoms with Crippen molar-refractivity contribution in [1.82, 2.24) is 9.78 Å². The number of nitrogens with one attached hydrogen (secondary N) is 1. The molecule has 0 saturated carbocycles. The van der Waals surface area contributed by atoms with E-state index in [1.807, 2.05) is 19.1 Å². The summed E-state index contributed by atoms with van der Waals surface area (Å²) in [5.74, 6) is 0.156. The smallest absolute Gasteiger partial charge is 0.280 e. The number of rotatable bonds is 4. The van der Waals surface area contributed by atoms with Crippen molar-refractivity contribution in [3.05, 3.63) is 64.4 Å². The Kier molecular flexibility index (Phi) is 4.29. The normalized spacial score (nSPS) is 10.6. The predicted octanol–water partition coefficient (Wildman–Crippen LogP) is 2.68. The zero-order valence-electron chi connectivity index (χ0n) is 13.4. The molecule has 0 bridgehead atoms. The molecule has 0 aliphatic rings. The van der Waals surface area contributed by atoms with Crippen molar-refractivity contribution in [2.75, 3.05) is 12.4 Å². The minimum atomic E-state index is -0.530. The van der Waals surface area contributed by atoms with Gasteiger partial charge in [-0.3, -0.25) is 14.3 Å². The molecule has 1 amide bonds. The Morgan fingerprint density at radius 3 is 2.54 bits per heavy atom. The van der Waals surface area contributed by atoms with Crippen LogP contribution in [0.3, 0.4) is 0 Å². The van der Waals surface area contributed by atoms with Crippen LogP contribution in [0.4, 0.5) is 5.69 Å². The third kappa shape index (κ3) is 2.86. The molecule has 1 aromatic heterocycles. The number of fused-ring (bicyclic) bond motifs is 1. The molecule has 122 valence electrons. The van der Waals surface area contributed by atoms with E-state index >= 15 is 0 Å². The Balaban J connectivity index is 2.00. The number of nitrogens with zero attached hydrogens (tertiary/aromatic N) is 2. The van der Waals surface area contributed by atoms with Gasteiger partial charge in [-0.25, -0.2) is 0 Å². The van der Waals surface area contributed by atoms with Gasteiger partial charge >= 0.3 is 0 Å². The lowest BCUT2D eigenvalue weighted by molar-refractivity contribution is 0.101. The molecule has 0 aliphatic carbocycles. The van der Waals surface area contributed by atoms with Crippen LogP contribution < -0.4 is 15.5 Å². The van der Waals surface area contributed by atoms with Gasteiger partial charge < -0.3 is 10.1 Å². The third-order valence-corrected chi connectivity index (χ3v) is 3.73. The highest BCUT2D eigenvalue weighted by molar-refractivity contribution is 6.04. The first-order chi connectivity index (χ1) is 11.6. The van der Waals surface area contributed by atoms with Gasteiger partial charge in [0.2, 0.25) is 5.43 Å². The lowest BCUT2D eigenvalue weighted by Gasteiger charge is -2.10. The summed E-state index contributed by atoms with van der Waals surface area (Å²) in [6, 6.07) is 14.0. The van der Waals surface area contributed by atoms with Gasteiger partial charge in [0, 0.05) is 17.6 Å². The van der Waals surface area contributed by atoms with Gasteiger partial charge in [0.25, 0.3) is 5.91 Å². The summed E-state index contributed by atoms with van der Waals surface area (Å²) in [4.78, 5) is 25.1. The second-order valence-electron chi connectivity index (χ2n) is 5.19. The number of hydrogen-bond donors (Lipinski definition) is 1. The summed E-state index contributed by atoms with van der Waals surface area (Å²) in [7, 11) is 1.57. The lowest BCUT2D eigenvalue weighted by atomic mass is 10.2. The molecule has 0 aliphatic heterocycles. The molecule has 0 spiro atoms. The average Bonchev–Trinajstić information content (AvgIpc) is 2.63. The summed E-state index contributed by atoms with van der Waals surface area (Å²) in [5.41, 5.74) is 0.789. The van der Waals surface area contributed by atoms with Crippen molar-refractivity contribution in [3.8, 4) is 5.75 Å². The summed E-state index contributed by atoms with van der Waals surface area (Å²) in [6.07, 6.45) is 0. The average molecular weight is 323 g/mol. The van der Waals surface area contributed by atoms with E-state index in [-0.39, 0.29) is 11.1 Å². The number of aryl methyl sites for hydroxylation is 1. The van der Waals surface area contributed by atoms with E-state index in [2.05, 4.69) is 10.4 Å². The van der Waals surface area contributed by atoms with E-state index in [0.717, 1.165) is 0 Å². The zero-order valence-corrected chi connectivity index (χ0v) is 13.4. The van der Waals surface area contributed by atoms with Crippen LogP contribution in [0.5, 0.6) is 5.75 Å². The highest BCUT2D eigenvalue weighted by atomic mass is 16.5. The van der Waals surface area contributed by atoms with Crippen molar-refractivity contribution in [3.63, 3.8) is 0 Å². The van der Waals surface area contributed by atoms with Crippen LogP contribution in [-0.2, 0) is 6.54 Å². The Morgan fingerprint density at radius 2 is 1.88 bits per heavy atom. The third-order valence-electron chi connectivity index (χ3n) is 3.73. The van der Waals surface area contributed by atoms with Crippen molar-refractivity contribution in [2.45, 2.75) is 13.5 Å². The Morgan fingerprint density at radius 1 is 1.17 bits per heavy atom. The maximum atomic E-state index is 12.6. The number of hydrogen-bond acceptors (Lipinski definition) is 4. The minimum absolute atomic E-state index is 0.119. The van der Waals surface area contributed by atoms with Crippen LogP contribution in [-0.4, -0.2) is 22.8 Å². The van der Waals surface area contributed by atoms with Gasteiger partial charge in [-0.15, -0.1) is 0 Å². The van der Waals surface area contributed by atoms with Crippen LogP contribution in [0.1, 0.15) is 17.4 Å². The SMILES string of the molecule is CCn1nc(C(=O)Nc2ccc(OC)cc2)c(=O)c2ccccc21. The molecule has 6 nitrogen and oxygen atoms in total. The molecule has 0 saturated heterocycles. The van der Waals surface area contributed by atoms with Crippen molar-refractivity contribution >= 4 is 22.5 Å². The fraction of sp³-hybridized carbons (Fsp3) is 0.167. The molecule has 1 heterocycles. The Bertz CT molecular complexity index is 946. The first-order valence-electron chi connectivity index (χ1n) is 7.59. The number of benzene rings is 2. The number of carbonyl (C=O) groups is 1. The topological polar surface area (TPSA) is 73.2 Å². The monoisotopic (exact) mass is 323 g/mol. The highest BCUT2D eigenvalue weighted by Crippen LogP contribution is 2.16. The van der Waals surface area contributed by atoms with Crippen molar-refractivity contribution in [1.29, 1.82) is 0 Å². The van der Waals surface area contributed by atoms with Crippen LogP contribution in [0.25, 0.3) is 10.9 Å². The van der Waals surface area contributed by atoms with Crippen LogP contribution in [0.2, 0.25) is 0 Å². The number of aromatic nitrogens is 2. The maximum Gasteiger partial charge on any atom is 0.280 e. The quantitative estimate of drug-likeness (QED) is 0.801. The number of anilines is 1. The van der Waals surface area contributed by atoms with E-state index in [1.165, 1.54) is 0 Å². The summed E-state index contributed by atoms with van der Waals surface area (Å²) in [6.45, 7) is 2.47. The molecule has 0 radical (unpaired) electrons. The van der Waals surface area contributed by atoms with Crippen molar-refractivity contribution in [2.24, 2.45) is 0 Å².